The predicted molar refractivity (Wildman–Crippen MR) is 241 cm³/mol. The number of rotatable bonds is 17. The van der Waals surface area contributed by atoms with Crippen molar-refractivity contribution in [2.45, 2.75) is 63.4 Å². The van der Waals surface area contributed by atoms with Gasteiger partial charge in [-0.05, 0) is 123 Å². The SMILES string of the molecule is O=C(N[C@@H](c1ccccc1)c1cccc(OCc2ccc(C(=O)N3CCC(C(=O)OCCCCNCC(O)c4ccc(O)c5[nH]c(=O)ccc45)CC3)cc2)c1)OC1CN2CCC1CC2. The number of amides is 2. The zero-order valence-electron chi connectivity index (χ0n) is 36.0. The second-order valence-electron chi connectivity index (χ2n) is 17.1. The maximum absolute atomic E-state index is 13.4. The van der Waals surface area contributed by atoms with E-state index < -0.39 is 18.2 Å². The summed E-state index contributed by atoms with van der Waals surface area (Å²) >= 11 is 0. The molecule has 0 radical (unpaired) electrons. The van der Waals surface area contributed by atoms with Gasteiger partial charge >= 0.3 is 12.1 Å². The second kappa shape index (κ2) is 21.0. The summed E-state index contributed by atoms with van der Waals surface area (Å²) in [7, 11) is 0. The van der Waals surface area contributed by atoms with E-state index in [1.165, 1.54) is 12.1 Å². The third-order valence-electron chi connectivity index (χ3n) is 12.8. The average Bonchev–Trinajstić information content (AvgIpc) is 3.33. The van der Waals surface area contributed by atoms with Crippen LogP contribution >= 0.6 is 0 Å². The summed E-state index contributed by atoms with van der Waals surface area (Å²) in [4.78, 5) is 57.9. The molecule has 0 aliphatic carbocycles. The number of esters is 1. The topological polar surface area (TPSA) is 183 Å². The van der Waals surface area contributed by atoms with Crippen molar-refractivity contribution in [2.24, 2.45) is 11.8 Å². The van der Waals surface area contributed by atoms with Gasteiger partial charge < -0.3 is 44.9 Å². The fourth-order valence-corrected chi connectivity index (χ4v) is 9.07. The Morgan fingerprint density at radius 2 is 1.59 bits per heavy atom. The molecule has 4 fully saturated rings. The summed E-state index contributed by atoms with van der Waals surface area (Å²) in [6.07, 6.45) is 3.24. The molecule has 4 aromatic carbocycles. The third kappa shape index (κ3) is 11.1. The molecule has 5 aromatic rings. The largest absolute Gasteiger partial charge is 0.506 e. The van der Waals surface area contributed by atoms with Crippen LogP contribution in [0.15, 0.2) is 108 Å². The van der Waals surface area contributed by atoms with Gasteiger partial charge in [-0.1, -0.05) is 60.7 Å². The molecule has 1 aromatic heterocycles. The molecule has 4 saturated heterocycles. The Bertz CT molecular complexity index is 2430. The lowest BCUT2D eigenvalue weighted by atomic mass is 9.86. The number of pyridine rings is 1. The van der Waals surface area contributed by atoms with Gasteiger partial charge in [0.05, 0.1) is 30.2 Å². The summed E-state index contributed by atoms with van der Waals surface area (Å²) in [6, 6.07) is 30.5. The number of hydrogen-bond donors (Lipinski definition) is 5. The molecule has 5 heterocycles. The van der Waals surface area contributed by atoms with Gasteiger partial charge in [-0.3, -0.25) is 19.3 Å². The zero-order chi connectivity index (χ0) is 44.4. The van der Waals surface area contributed by atoms with E-state index in [9.17, 15) is 29.4 Å². The fraction of sp³-hybridized carbons (Fsp3) is 0.400. The van der Waals surface area contributed by atoms with Crippen molar-refractivity contribution in [3.05, 3.63) is 141 Å². The number of benzene rings is 4. The molecule has 0 saturated carbocycles. The molecule has 64 heavy (non-hydrogen) atoms. The maximum Gasteiger partial charge on any atom is 0.408 e. The molecule has 2 amide bonds. The van der Waals surface area contributed by atoms with Crippen LogP contribution in [0.4, 0.5) is 4.79 Å². The molecule has 4 aliphatic heterocycles. The number of carbonyl (C=O) groups is 3. The Kier molecular flexibility index (Phi) is 14.5. The number of hydrogen-bond acceptors (Lipinski definition) is 11. The summed E-state index contributed by atoms with van der Waals surface area (Å²) in [6.45, 7) is 5.34. The van der Waals surface area contributed by atoms with Crippen molar-refractivity contribution < 1.29 is 38.8 Å². The van der Waals surface area contributed by atoms with Crippen molar-refractivity contribution >= 4 is 28.9 Å². The lowest BCUT2D eigenvalue weighted by Crippen LogP contribution is -2.52. The van der Waals surface area contributed by atoms with Crippen LogP contribution in [0.3, 0.4) is 0 Å². The third-order valence-corrected chi connectivity index (χ3v) is 12.8. The Hall–Kier alpha value is -6.22. The second-order valence-corrected chi connectivity index (χ2v) is 17.1. The monoisotopic (exact) mass is 871 g/mol. The summed E-state index contributed by atoms with van der Waals surface area (Å²) in [5.41, 5.74) is 3.83. The van der Waals surface area contributed by atoms with Gasteiger partial charge in [0.15, 0.2) is 0 Å². The smallest absolute Gasteiger partial charge is 0.408 e. The number of aliphatic hydroxyl groups excluding tert-OH is 1. The van der Waals surface area contributed by atoms with Crippen LogP contribution in [0.5, 0.6) is 11.5 Å². The standard InChI is InChI=1S/C50H57N5O9/c56-42-17-15-40(41-16-18-45(58)52-47(41)42)43(57)30-51-23-4-5-28-62-49(60)37-21-26-55(27-22-37)48(59)36-13-11-33(12-14-36)32-63-39-10-6-9-38(29-39)46(35-7-2-1-3-8-35)53-50(61)64-44-31-54-24-19-34(44)20-25-54/h1-3,6-18,29,34,37,43-44,46,51,56-57H,4-5,19-28,30-32H2,(H,52,58)(H,53,61)/t43?,44?,46-/m0/s1. The van der Waals surface area contributed by atoms with Gasteiger partial charge in [-0.15, -0.1) is 0 Å². The number of aliphatic hydroxyl groups is 1. The molecule has 4 aliphatic rings. The first-order chi connectivity index (χ1) is 31.2. The van der Waals surface area contributed by atoms with E-state index in [0.29, 0.717) is 85.8 Å². The number of unbranched alkanes of at least 4 members (excludes halogenated alkanes) is 1. The lowest BCUT2D eigenvalue weighted by molar-refractivity contribution is -0.150. The number of nitrogens with one attached hydrogen (secondary N) is 3. The van der Waals surface area contributed by atoms with Gasteiger partial charge in [0, 0.05) is 43.2 Å². The molecular formula is C50H57N5O9. The maximum atomic E-state index is 13.4. The lowest BCUT2D eigenvalue weighted by Gasteiger charge is -2.43. The van der Waals surface area contributed by atoms with Crippen molar-refractivity contribution in [3.63, 3.8) is 0 Å². The van der Waals surface area contributed by atoms with E-state index >= 15 is 0 Å². The first-order valence-electron chi connectivity index (χ1n) is 22.4. The molecule has 2 bridgehead atoms. The Labute approximate surface area is 372 Å². The number of phenolic OH excluding ortho intramolecular Hbond substituents is 1. The molecule has 3 atom stereocenters. The number of likely N-dealkylation sites (tertiary alicyclic amines) is 1. The van der Waals surface area contributed by atoms with E-state index in [4.69, 9.17) is 14.2 Å². The number of aromatic hydroxyl groups is 1. The molecular weight excluding hydrogens is 815 g/mol. The number of nitrogens with zero attached hydrogens (tertiary/aromatic N) is 2. The average molecular weight is 872 g/mol. The minimum atomic E-state index is -0.845. The van der Waals surface area contributed by atoms with E-state index in [-0.39, 0.29) is 41.8 Å². The number of phenols is 1. The van der Waals surface area contributed by atoms with Crippen LogP contribution < -0.4 is 20.9 Å². The van der Waals surface area contributed by atoms with Crippen molar-refractivity contribution in [2.75, 3.05) is 52.4 Å². The molecule has 336 valence electrons. The number of carbonyl (C=O) groups excluding carboxylic acids is 3. The van der Waals surface area contributed by atoms with Gasteiger partial charge in [-0.2, -0.15) is 0 Å². The molecule has 2 unspecified atom stereocenters. The first kappa shape index (κ1) is 44.4. The first-order valence-corrected chi connectivity index (χ1v) is 22.4. The predicted octanol–water partition coefficient (Wildman–Crippen LogP) is 6.22. The minimum absolute atomic E-state index is 0.0569. The van der Waals surface area contributed by atoms with E-state index in [1.807, 2.05) is 78.9 Å². The van der Waals surface area contributed by atoms with Crippen LogP contribution in [-0.2, 0) is 20.9 Å². The Morgan fingerprint density at radius 1 is 0.828 bits per heavy atom. The summed E-state index contributed by atoms with van der Waals surface area (Å²) in [5, 5.41) is 27.7. The fourth-order valence-electron chi connectivity index (χ4n) is 9.07. The van der Waals surface area contributed by atoms with Gasteiger partial charge in [0.1, 0.15) is 24.2 Å². The van der Waals surface area contributed by atoms with E-state index in [0.717, 1.165) is 55.6 Å². The van der Waals surface area contributed by atoms with Crippen molar-refractivity contribution in [1.29, 1.82) is 0 Å². The Morgan fingerprint density at radius 3 is 2.34 bits per heavy atom. The molecule has 14 nitrogen and oxygen atoms in total. The van der Waals surface area contributed by atoms with Crippen LogP contribution in [0.25, 0.3) is 10.9 Å². The number of aromatic amines is 1. The number of H-pyrrole nitrogens is 1. The number of aromatic nitrogens is 1. The molecule has 5 N–H and O–H groups in total. The van der Waals surface area contributed by atoms with E-state index in [1.54, 1.807) is 17.0 Å². The normalized spacial score (nSPS) is 19.5. The minimum Gasteiger partial charge on any atom is -0.506 e. The molecule has 9 rings (SSSR count). The number of fused-ring (bicyclic) bond motifs is 4. The highest BCUT2D eigenvalue weighted by Gasteiger charge is 2.37. The summed E-state index contributed by atoms with van der Waals surface area (Å²) in [5.74, 6) is 0.435. The number of ether oxygens (including phenoxy) is 3. The zero-order valence-corrected chi connectivity index (χ0v) is 36.0. The molecule has 0 spiro atoms. The van der Waals surface area contributed by atoms with Crippen LogP contribution in [0.1, 0.15) is 83.3 Å². The highest BCUT2D eigenvalue weighted by Crippen LogP contribution is 2.32. The quantitative estimate of drug-likeness (QED) is 0.0529. The summed E-state index contributed by atoms with van der Waals surface area (Å²) < 4.78 is 17.8. The van der Waals surface area contributed by atoms with Crippen molar-refractivity contribution in [3.8, 4) is 11.5 Å². The highest BCUT2D eigenvalue weighted by molar-refractivity contribution is 5.94. The Balaban J connectivity index is 0.741. The van der Waals surface area contributed by atoms with Gasteiger partial charge in [0.25, 0.3) is 5.91 Å². The van der Waals surface area contributed by atoms with Crippen LogP contribution in [0.2, 0.25) is 0 Å². The van der Waals surface area contributed by atoms with Gasteiger partial charge in [-0.25, -0.2) is 4.79 Å². The van der Waals surface area contributed by atoms with Crippen molar-refractivity contribution in [1.82, 2.24) is 25.4 Å². The number of alkyl carbamates (subject to hydrolysis) is 1. The van der Waals surface area contributed by atoms with Crippen LogP contribution in [-0.4, -0.2) is 101 Å². The van der Waals surface area contributed by atoms with E-state index in [2.05, 4.69) is 20.5 Å². The number of piperidine rings is 4. The van der Waals surface area contributed by atoms with Crippen LogP contribution in [0, 0.1) is 11.8 Å². The molecule has 14 heteroatoms. The highest BCUT2D eigenvalue weighted by atomic mass is 16.6. The van der Waals surface area contributed by atoms with Gasteiger partial charge in [0.2, 0.25) is 5.56 Å².